The minimum atomic E-state index is -4.11. The Bertz CT molecular complexity index is 1300. The largest absolute Gasteiger partial charge is 0.497 e. The second kappa shape index (κ2) is 13.6. The Morgan fingerprint density at radius 1 is 0.947 bits per heavy atom. The summed E-state index contributed by atoms with van der Waals surface area (Å²) in [5.41, 5.74) is 1.29. The van der Waals surface area contributed by atoms with Crippen molar-refractivity contribution in [1.82, 2.24) is 10.2 Å². The molecule has 1 unspecified atom stereocenters. The molecule has 1 N–H and O–H groups in total. The number of carbonyl (C=O) groups excluding carboxylic acids is 2. The van der Waals surface area contributed by atoms with Crippen molar-refractivity contribution in [3.8, 4) is 5.75 Å². The van der Waals surface area contributed by atoms with E-state index in [0.29, 0.717) is 18.7 Å². The molecule has 3 aromatic rings. The van der Waals surface area contributed by atoms with Crippen LogP contribution in [0.4, 0.5) is 5.69 Å². The van der Waals surface area contributed by atoms with Gasteiger partial charge in [0.1, 0.15) is 18.3 Å². The highest BCUT2D eigenvalue weighted by Crippen LogP contribution is 2.27. The van der Waals surface area contributed by atoms with Crippen molar-refractivity contribution in [2.45, 2.75) is 37.6 Å². The van der Waals surface area contributed by atoms with Crippen molar-refractivity contribution in [3.63, 3.8) is 0 Å². The number of nitrogens with one attached hydrogen (secondary N) is 1. The van der Waals surface area contributed by atoms with Crippen LogP contribution in [-0.4, -0.2) is 57.9 Å². The molecule has 0 saturated carbocycles. The molecule has 202 valence electrons. The number of methoxy groups -OCH3 is 1. The molecule has 0 aromatic heterocycles. The summed E-state index contributed by atoms with van der Waals surface area (Å²) in [4.78, 5) is 28.2. The number of carbonyl (C=O) groups is 2. The first-order chi connectivity index (χ1) is 18.3. The van der Waals surface area contributed by atoms with Crippen LogP contribution in [0.1, 0.15) is 25.8 Å². The summed E-state index contributed by atoms with van der Waals surface area (Å²) < 4.78 is 33.9. The fourth-order valence-corrected chi connectivity index (χ4v) is 5.41. The molecule has 0 heterocycles. The van der Waals surface area contributed by atoms with Gasteiger partial charge in [0.15, 0.2) is 0 Å². The van der Waals surface area contributed by atoms with E-state index in [1.165, 1.54) is 24.1 Å². The molecule has 8 nitrogen and oxygen atoms in total. The molecule has 0 aliphatic carbocycles. The summed E-state index contributed by atoms with van der Waals surface area (Å²) in [5.74, 6) is -0.314. The molecular formula is C29H35N3O5S. The number of rotatable bonds is 13. The smallest absolute Gasteiger partial charge is 0.264 e. The maximum absolute atomic E-state index is 13.8. The first-order valence-corrected chi connectivity index (χ1v) is 14.0. The molecule has 0 fully saturated rings. The zero-order chi connectivity index (χ0) is 27.5. The van der Waals surface area contributed by atoms with Crippen LogP contribution in [0.2, 0.25) is 0 Å². The quantitative estimate of drug-likeness (QED) is 0.357. The van der Waals surface area contributed by atoms with E-state index in [1.54, 1.807) is 49.4 Å². The Morgan fingerprint density at radius 2 is 1.61 bits per heavy atom. The SMILES string of the molecule is CCCNC(=O)C(C)N(CCc1ccccc1)C(=O)CN(c1cccc(OC)c1)S(=O)(=O)c1ccccc1. The summed E-state index contributed by atoms with van der Waals surface area (Å²) in [5, 5.41) is 2.84. The molecule has 9 heteroatoms. The zero-order valence-corrected chi connectivity index (χ0v) is 22.9. The fourth-order valence-electron chi connectivity index (χ4n) is 3.98. The van der Waals surface area contributed by atoms with Crippen molar-refractivity contribution in [1.29, 1.82) is 0 Å². The minimum absolute atomic E-state index is 0.0557. The van der Waals surface area contributed by atoms with Gasteiger partial charge in [0.05, 0.1) is 17.7 Å². The standard InChI is InChI=1S/C29H35N3O5S/c1-4-19-30-29(34)23(2)31(20-18-24-12-7-5-8-13-24)28(33)22-32(25-14-11-15-26(21-25)37-3)38(35,36)27-16-9-6-10-17-27/h5-17,21,23H,4,18-20,22H2,1-3H3,(H,30,34). The molecule has 0 bridgehead atoms. The van der Waals surface area contributed by atoms with E-state index in [4.69, 9.17) is 4.74 Å². The molecule has 3 aromatic carbocycles. The molecule has 0 aliphatic heterocycles. The van der Waals surface area contributed by atoms with Crippen LogP contribution in [0.25, 0.3) is 0 Å². The monoisotopic (exact) mass is 537 g/mol. The van der Waals surface area contributed by atoms with Crippen molar-refractivity contribution in [2.24, 2.45) is 0 Å². The highest BCUT2D eigenvalue weighted by atomic mass is 32.2. The number of nitrogens with zero attached hydrogens (tertiary/aromatic N) is 2. The lowest BCUT2D eigenvalue weighted by Gasteiger charge is -2.32. The normalized spacial score (nSPS) is 11.9. The molecule has 2 amide bonds. The van der Waals surface area contributed by atoms with E-state index < -0.39 is 28.5 Å². The number of benzene rings is 3. The second-order valence-electron chi connectivity index (χ2n) is 8.82. The highest BCUT2D eigenvalue weighted by Gasteiger charge is 2.32. The van der Waals surface area contributed by atoms with E-state index in [9.17, 15) is 18.0 Å². The molecular weight excluding hydrogens is 502 g/mol. The van der Waals surface area contributed by atoms with E-state index in [0.717, 1.165) is 16.3 Å². The average molecular weight is 538 g/mol. The Hall–Kier alpha value is -3.85. The first kappa shape index (κ1) is 28.7. The highest BCUT2D eigenvalue weighted by molar-refractivity contribution is 7.92. The van der Waals surface area contributed by atoms with Gasteiger partial charge in [-0.2, -0.15) is 0 Å². The van der Waals surface area contributed by atoms with Gasteiger partial charge in [0.2, 0.25) is 11.8 Å². The number of amides is 2. The number of hydrogen-bond acceptors (Lipinski definition) is 5. The number of ether oxygens (including phenoxy) is 1. The van der Waals surface area contributed by atoms with E-state index in [2.05, 4.69) is 5.32 Å². The lowest BCUT2D eigenvalue weighted by molar-refractivity contribution is -0.138. The minimum Gasteiger partial charge on any atom is -0.497 e. The molecule has 3 rings (SSSR count). The van der Waals surface area contributed by atoms with Crippen LogP contribution in [0.3, 0.4) is 0 Å². The third-order valence-corrected chi connectivity index (χ3v) is 7.94. The summed E-state index contributed by atoms with van der Waals surface area (Å²) in [6.07, 6.45) is 1.28. The molecule has 0 spiro atoms. The first-order valence-electron chi connectivity index (χ1n) is 12.6. The predicted octanol–water partition coefficient (Wildman–Crippen LogP) is 3.88. The number of hydrogen-bond donors (Lipinski definition) is 1. The van der Waals surface area contributed by atoms with Crippen LogP contribution >= 0.6 is 0 Å². The maximum atomic E-state index is 13.8. The van der Waals surface area contributed by atoms with E-state index >= 15 is 0 Å². The van der Waals surface area contributed by atoms with E-state index in [1.807, 2.05) is 37.3 Å². The van der Waals surface area contributed by atoms with Gasteiger partial charge in [0.25, 0.3) is 10.0 Å². The van der Waals surface area contributed by atoms with Crippen LogP contribution < -0.4 is 14.4 Å². The molecule has 0 aliphatic rings. The van der Waals surface area contributed by atoms with Crippen LogP contribution in [-0.2, 0) is 26.0 Å². The molecule has 38 heavy (non-hydrogen) atoms. The van der Waals surface area contributed by atoms with Gasteiger partial charge in [-0.15, -0.1) is 0 Å². The molecule has 1 atom stereocenters. The maximum Gasteiger partial charge on any atom is 0.264 e. The van der Waals surface area contributed by atoms with Gasteiger partial charge in [-0.05, 0) is 49.6 Å². The summed E-state index contributed by atoms with van der Waals surface area (Å²) in [6.45, 7) is 3.87. The Morgan fingerprint density at radius 3 is 2.24 bits per heavy atom. The van der Waals surface area contributed by atoms with Crippen LogP contribution in [0.5, 0.6) is 5.75 Å². The van der Waals surface area contributed by atoms with Crippen LogP contribution in [0.15, 0.2) is 89.8 Å². The lowest BCUT2D eigenvalue weighted by Crippen LogP contribution is -2.52. The van der Waals surface area contributed by atoms with Gasteiger partial charge in [-0.3, -0.25) is 13.9 Å². The molecule has 0 saturated heterocycles. The summed E-state index contributed by atoms with van der Waals surface area (Å²) in [6, 6.07) is 23.4. The Balaban J connectivity index is 1.97. The zero-order valence-electron chi connectivity index (χ0n) is 22.0. The third-order valence-electron chi connectivity index (χ3n) is 6.15. The van der Waals surface area contributed by atoms with Crippen LogP contribution in [0, 0.1) is 0 Å². The Kier molecular flexibility index (Phi) is 10.3. The van der Waals surface area contributed by atoms with Gasteiger partial charge in [-0.25, -0.2) is 8.42 Å². The fraction of sp³-hybridized carbons (Fsp3) is 0.310. The average Bonchev–Trinajstić information content (AvgIpc) is 2.95. The Labute approximate surface area is 225 Å². The van der Waals surface area contributed by atoms with E-state index in [-0.39, 0.29) is 23.0 Å². The summed E-state index contributed by atoms with van der Waals surface area (Å²) >= 11 is 0. The topological polar surface area (TPSA) is 96.0 Å². The lowest BCUT2D eigenvalue weighted by atomic mass is 10.1. The van der Waals surface area contributed by atoms with Crippen molar-refractivity contribution >= 4 is 27.5 Å². The van der Waals surface area contributed by atoms with Gasteiger partial charge >= 0.3 is 0 Å². The second-order valence-corrected chi connectivity index (χ2v) is 10.7. The van der Waals surface area contributed by atoms with Crippen molar-refractivity contribution in [2.75, 3.05) is 31.0 Å². The number of anilines is 1. The summed E-state index contributed by atoms with van der Waals surface area (Å²) in [7, 11) is -2.62. The van der Waals surface area contributed by atoms with Crippen molar-refractivity contribution < 1.29 is 22.7 Å². The third kappa shape index (κ3) is 7.35. The van der Waals surface area contributed by atoms with Gasteiger partial charge in [-0.1, -0.05) is 61.5 Å². The van der Waals surface area contributed by atoms with Crippen molar-refractivity contribution in [3.05, 3.63) is 90.5 Å². The van der Waals surface area contributed by atoms with Gasteiger partial charge in [0, 0.05) is 19.2 Å². The molecule has 0 radical (unpaired) electrons. The number of sulfonamides is 1. The van der Waals surface area contributed by atoms with Gasteiger partial charge < -0.3 is 15.0 Å². The predicted molar refractivity (Wildman–Crippen MR) is 149 cm³/mol.